The average Bonchev–Trinajstić information content (AvgIpc) is 3.03. The summed E-state index contributed by atoms with van der Waals surface area (Å²) < 4.78 is 0. The fourth-order valence-corrected chi connectivity index (χ4v) is 4.30. The zero-order valence-electron chi connectivity index (χ0n) is 13.0. The highest BCUT2D eigenvalue weighted by atomic mass is 32.2. The van der Waals surface area contributed by atoms with Gasteiger partial charge in [-0.1, -0.05) is 12.1 Å². The minimum absolute atomic E-state index is 0.0390. The quantitative estimate of drug-likeness (QED) is 0.827. The van der Waals surface area contributed by atoms with Crippen LogP contribution in [0.15, 0.2) is 34.5 Å². The number of rotatable bonds is 4. The summed E-state index contributed by atoms with van der Waals surface area (Å²) in [6.45, 7) is 1.98. The fraction of sp³-hybridized carbons (Fsp3) is 0.294. The van der Waals surface area contributed by atoms with E-state index in [0.29, 0.717) is 6.42 Å². The van der Waals surface area contributed by atoms with Gasteiger partial charge in [0, 0.05) is 17.0 Å². The maximum absolute atomic E-state index is 12.4. The Balaban J connectivity index is 1.75. The molecule has 1 aromatic heterocycles. The number of anilines is 1. The van der Waals surface area contributed by atoms with Crippen LogP contribution in [0.25, 0.3) is 0 Å². The molecule has 0 radical (unpaired) electrons. The lowest BCUT2D eigenvalue weighted by atomic mass is 9.98. The van der Waals surface area contributed by atoms with Crippen LogP contribution in [0.5, 0.6) is 0 Å². The molecule has 1 aliphatic heterocycles. The first-order chi connectivity index (χ1) is 11.1. The highest BCUT2D eigenvalue weighted by Crippen LogP contribution is 2.28. The molecule has 1 atom stereocenters. The molecular weight excluding hydrogens is 328 g/mol. The van der Waals surface area contributed by atoms with Crippen LogP contribution in [-0.4, -0.2) is 18.1 Å². The number of aryl methyl sites for hydroxylation is 1. The molecule has 6 heteroatoms. The van der Waals surface area contributed by atoms with Gasteiger partial charge >= 0.3 is 0 Å². The van der Waals surface area contributed by atoms with Crippen LogP contribution in [0, 0.1) is 0 Å². The van der Waals surface area contributed by atoms with Gasteiger partial charge in [0.05, 0.1) is 6.04 Å². The number of hydrogen-bond donors (Lipinski definition) is 2. The van der Waals surface area contributed by atoms with Crippen molar-refractivity contribution in [2.75, 3.05) is 11.6 Å². The largest absolute Gasteiger partial charge is 0.345 e. The SMILES string of the molecule is CSc1ccsc1C(=O)N[C@H](C)c1ccc2c(c1)CCC(=O)N2. The number of carbonyl (C=O) groups is 2. The molecule has 0 unspecified atom stereocenters. The molecule has 0 bridgehead atoms. The van der Waals surface area contributed by atoms with Crippen molar-refractivity contribution >= 4 is 40.6 Å². The van der Waals surface area contributed by atoms with Crippen molar-refractivity contribution < 1.29 is 9.59 Å². The van der Waals surface area contributed by atoms with Gasteiger partial charge in [-0.25, -0.2) is 0 Å². The highest BCUT2D eigenvalue weighted by Gasteiger charge is 2.19. The van der Waals surface area contributed by atoms with E-state index in [2.05, 4.69) is 16.7 Å². The summed E-state index contributed by atoms with van der Waals surface area (Å²) in [6.07, 6.45) is 3.24. The maximum atomic E-state index is 12.4. The molecule has 0 spiro atoms. The lowest BCUT2D eigenvalue weighted by Crippen LogP contribution is -2.26. The van der Waals surface area contributed by atoms with Crippen molar-refractivity contribution in [1.82, 2.24) is 5.32 Å². The van der Waals surface area contributed by atoms with Gasteiger partial charge in [0.2, 0.25) is 5.91 Å². The molecular formula is C17H18N2O2S2. The predicted octanol–water partition coefficient (Wildman–Crippen LogP) is 3.85. The first kappa shape index (κ1) is 16.1. The Bertz CT molecular complexity index is 755. The molecule has 2 aromatic rings. The third-order valence-corrected chi connectivity index (χ3v) is 5.75. The molecule has 120 valence electrons. The number of thiophene rings is 1. The van der Waals surface area contributed by atoms with Gasteiger partial charge in [0.15, 0.2) is 0 Å². The lowest BCUT2D eigenvalue weighted by molar-refractivity contribution is -0.116. The summed E-state index contributed by atoms with van der Waals surface area (Å²) in [4.78, 5) is 25.6. The standard InChI is InChI=1S/C17H18N2O2S2/c1-10(18-17(21)16-14(22-2)7-8-23-16)11-3-5-13-12(9-11)4-6-15(20)19-13/h3,5,7-10H,4,6H2,1-2H3,(H,18,21)(H,19,20)/t10-/m1/s1. The van der Waals surface area contributed by atoms with Gasteiger partial charge in [-0.05, 0) is 48.2 Å². The Morgan fingerprint density at radius 1 is 1.35 bits per heavy atom. The van der Waals surface area contributed by atoms with Gasteiger partial charge in [0.25, 0.3) is 5.91 Å². The molecule has 2 N–H and O–H groups in total. The van der Waals surface area contributed by atoms with Crippen LogP contribution >= 0.6 is 23.1 Å². The number of nitrogens with one attached hydrogen (secondary N) is 2. The van der Waals surface area contributed by atoms with E-state index in [1.165, 1.54) is 11.3 Å². The number of fused-ring (bicyclic) bond motifs is 1. The zero-order chi connectivity index (χ0) is 16.4. The van der Waals surface area contributed by atoms with Crippen molar-refractivity contribution in [3.8, 4) is 0 Å². The lowest BCUT2D eigenvalue weighted by Gasteiger charge is -2.20. The summed E-state index contributed by atoms with van der Waals surface area (Å²) in [5.74, 6) is 0.0248. The van der Waals surface area contributed by atoms with E-state index in [-0.39, 0.29) is 17.9 Å². The molecule has 2 amide bonds. The van der Waals surface area contributed by atoms with Gasteiger partial charge in [-0.2, -0.15) is 0 Å². The van der Waals surface area contributed by atoms with Crippen molar-refractivity contribution in [1.29, 1.82) is 0 Å². The molecule has 0 aliphatic carbocycles. The summed E-state index contributed by atoms with van der Waals surface area (Å²) in [7, 11) is 0. The van der Waals surface area contributed by atoms with Gasteiger partial charge in [0.1, 0.15) is 4.88 Å². The summed E-state index contributed by atoms with van der Waals surface area (Å²) in [5, 5.41) is 7.87. The number of hydrogen-bond acceptors (Lipinski definition) is 4. The highest BCUT2D eigenvalue weighted by molar-refractivity contribution is 7.98. The molecule has 2 heterocycles. The monoisotopic (exact) mass is 346 g/mol. The van der Waals surface area contributed by atoms with E-state index in [1.54, 1.807) is 11.8 Å². The molecule has 1 aromatic carbocycles. The predicted molar refractivity (Wildman–Crippen MR) is 95.4 cm³/mol. The van der Waals surface area contributed by atoms with Crippen molar-refractivity contribution in [3.05, 3.63) is 45.6 Å². The average molecular weight is 346 g/mol. The summed E-state index contributed by atoms with van der Waals surface area (Å²) in [6, 6.07) is 7.84. The van der Waals surface area contributed by atoms with Gasteiger partial charge in [-0.3, -0.25) is 9.59 Å². The topological polar surface area (TPSA) is 58.2 Å². The van der Waals surface area contributed by atoms with E-state index in [1.807, 2.05) is 36.8 Å². The van der Waals surface area contributed by atoms with E-state index in [4.69, 9.17) is 0 Å². The normalized spacial score (nSPS) is 14.8. The van der Waals surface area contributed by atoms with Crippen LogP contribution in [-0.2, 0) is 11.2 Å². The van der Waals surface area contributed by atoms with Crippen molar-refractivity contribution in [2.24, 2.45) is 0 Å². The second kappa shape index (κ2) is 6.76. The number of thioether (sulfide) groups is 1. The minimum Gasteiger partial charge on any atom is -0.345 e. The fourth-order valence-electron chi connectivity index (χ4n) is 2.64. The van der Waals surface area contributed by atoms with E-state index in [0.717, 1.165) is 33.0 Å². The van der Waals surface area contributed by atoms with Gasteiger partial charge < -0.3 is 10.6 Å². The first-order valence-electron chi connectivity index (χ1n) is 7.43. The first-order valence-corrected chi connectivity index (χ1v) is 9.54. The van der Waals surface area contributed by atoms with E-state index >= 15 is 0 Å². The Morgan fingerprint density at radius 3 is 2.96 bits per heavy atom. The Morgan fingerprint density at radius 2 is 2.17 bits per heavy atom. The molecule has 3 rings (SSSR count). The molecule has 0 saturated carbocycles. The Kier molecular flexibility index (Phi) is 4.73. The Labute approximate surface area is 143 Å². The molecule has 4 nitrogen and oxygen atoms in total. The molecule has 23 heavy (non-hydrogen) atoms. The second-order valence-corrected chi connectivity index (χ2v) is 7.24. The van der Waals surface area contributed by atoms with E-state index < -0.39 is 0 Å². The van der Waals surface area contributed by atoms with Crippen molar-refractivity contribution in [2.45, 2.75) is 30.7 Å². The number of benzene rings is 1. The summed E-state index contributed by atoms with van der Waals surface area (Å²) >= 11 is 3.04. The van der Waals surface area contributed by atoms with Crippen molar-refractivity contribution in [3.63, 3.8) is 0 Å². The molecule has 1 aliphatic rings. The smallest absolute Gasteiger partial charge is 0.262 e. The van der Waals surface area contributed by atoms with Crippen LogP contribution in [0.2, 0.25) is 0 Å². The zero-order valence-corrected chi connectivity index (χ0v) is 14.6. The van der Waals surface area contributed by atoms with Crippen LogP contribution in [0.4, 0.5) is 5.69 Å². The Hall–Kier alpha value is -1.79. The second-order valence-electron chi connectivity index (χ2n) is 5.48. The number of carbonyl (C=O) groups excluding carboxylic acids is 2. The van der Waals surface area contributed by atoms with E-state index in [9.17, 15) is 9.59 Å². The van der Waals surface area contributed by atoms with Crippen LogP contribution in [0.3, 0.4) is 0 Å². The third-order valence-electron chi connectivity index (χ3n) is 3.93. The number of amides is 2. The third kappa shape index (κ3) is 3.43. The van der Waals surface area contributed by atoms with Gasteiger partial charge in [-0.15, -0.1) is 23.1 Å². The minimum atomic E-state index is -0.0813. The van der Waals surface area contributed by atoms with Crippen LogP contribution in [0.1, 0.15) is 40.2 Å². The summed E-state index contributed by atoms with van der Waals surface area (Å²) in [5.41, 5.74) is 3.06. The van der Waals surface area contributed by atoms with Crippen LogP contribution < -0.4 is 10.6 Å². The molecule has 0 fully saturated rings. The maximum Gasteiger partial charge on any atom is 0.262 e. The molecule has 0 saturated heterocycles.